The highest BCUT2D eigenvalue weighted by Crippen LogP contribution is 2.23. The second-order valence-electron chi connectivity index (χ2n) is 6.71. The van der Waals surface area contributed by atoms with Gasteiger partial charge < -0.3 is 15.7 Å². The van der Waals surface area contributed by atoms with Gasteiger partial charge in [0.05, 0.1) is 5.60 Å². The lowest BCUT2D eigenvalue weighted by Gasteiger charge is -2.25. The smallest absolute Gasteiger partial charge is 0.225 e. The van der Waals surface area contributed by atoms with Gasteiger partial charge in [0.2, 0.25) is 5.91 Å². The molecule has 2 unspecified atom stereocenters. The molecule has 4 nitrogen and oxygen atoms in total. The Kier molecular flexibility index (Phi) is 8.09. The van der Waals surface area contributed by atoms with Crippen molar-refractivity contribution in [3.05, 3.63) is 29.8 Å². The zero-order valence-corrected chi connectivity index (χ0v) is 15.7. The fourth-order valence-corrected chi connectivity index (χ4v) is 3.15. The Bertz CT molecular complexity index is 504. The molecule has 2 atom stereocenters. The molecule has 0 aliphatic heterocycles. The number of para-hydroxylation sites is 1. The van der Waals surface area contributed by atoms with Crippen LogP contribution in [0.25, 0.3) is 0 Å². The Morgan fingerprint density at radius 3 is 2.57 bits per heavy atom. The third-order valence-corrected chi connectivity index (χ3v) is 4.55. The van der Waals surface area contributed by atoms with E-state index < -0.39 is 5.60 Å². The summed E-state index contributed by atoms with van der Waals surface area (Å²) in [7, 11) is 0. The van der Waals surface area contributed by atoms with Gasteiger partial charge >= 0.3 is 0 Å². The van der Waals surface area contributed by atoms with Gasteiger partial charge in [0, 0.05) is 30.4 Å². The minimum Gasteiger partial charge on any atom is -0.388 e. The first-order valence-electron chi connectivity index (χ1n) is 8.08. The number of anilines is 1. The van der Waals surface area contributed by atoms with Gasteiger partial charge in [0.1, 0.15) is 0 Å². The van der Waals surface area contributed by atoms with E-state index in [0.29, 0.717) is 24.6 Å². The van der Waals surface area contributed by atoms with Crippen LogP contribution in [0.3, 0.4) is 0 Å². The van der Waals surface area contributed by atoms with E-state index in [0.717, 1.165) is 11.3 Å². The van der Waals surface area contributed by atoms with E-state index in [1.807, 2.05) is 44.4 Å². The van der Waals surface area contributed by atoms with Gasteiger partial charge in [-0.25, -0.2) is 0 Å². The molecule has 130 valence electrons. The molecular weight excluding hydrogens is 308 g/mol. The molecule has 0 saturated carbocycles. The number of hydrogen-bond acceptors (Lipinski definition) is 4. The molecule has 1 aromatic rings. The third kappa shape index (κ3) is 7.38. The summed E-state index contributed by atoms with van der Waals surface area (Å²) in [4.78, 5) is 12.2. The summed E-state index contributed by atoms with van der Waals surface area (Å²) in [6, 6.07) is 7.91. The SMILES string of the molecule is CSCC(C)(O)CNC(C)CC(=O)Nc1ccccc1C(C)C. The van der Waals surface area contributed by atoms with E-state index >= 15 is 0 Å². The number of rotatable bonds is 9. The van der Waals surface area contributed by atoms with Gasteiger partial charge in [-0.15, -0.1) is 0 Å². The van der Waals surface area contributed by atoms with E-state index in [4.69, 9.17) is 0 Å². The van der Waals surface area contributed by atoms with Crippen molar-refractivity contribution in [1.82, 2.24) is 5.32 Å². The highest BCUT2D eigenvalue weighted by molar-refractivity contribution is 7.98. The van der Waals surface area contributed by atoms with Crippen LogP contribution in [0.15, 0.2) is 24.3 Å². The molecule has 1 amide bonds. The van der Waals surface area contributed by atoms with Crippen LogP contribution in [0, 0.1) is 0 Å². The number of aliphatic hydroxyl groups is 1. The van der Waals surface area contributed by atoms with Crippen LogP contribution in [-0.2, 0) is 4.79 Å². The van der Waals surface area contributed by atoms with Crippen molar-refractivity contribution < 1.29 is 9.90 Å². The highest BCUT2D eigenvalue weighted by atomic mass is 32.2. The molecule has 1 aromatic carbocycles. The van der Waals surface area contributed by atoms with Crippen LogP contribution in [0.2, 0.25) is 0 Å². The van der Waals surface area contributed by atoms with Crippen LogP contribution < -0.4 is 10.6 Å². The zero-order chi connectivity index (χ0) is 17.5. The molecule has 0 radical (unpaired) electrons. The van der Waals surface area contributed by atoms with Crippen molar-refractivity contribution in [1.29, 1.82) is 0 Å². The molecule has 0 aromatic heterocycles. The maximum Gasteiger partial charge on any atom is 0.225 e. The van der Waals surface area contributed by atoms with E-state index in [1.54, 1.807) is 11.8 Å². The molecule has 0 saturated heterocycles. The lowest BCUT2D eigenvalue weighted by atomic mass is 10.0. The average molecular weight is 339 g/mol. The summed E-state index contributed by atoms with van der Waals surface area (Å²) in [5, 5.41) is 16.4. The Labute approximate surface area is 144 Å². The standard InChI is InChI=1S/C18H30N2O2S/c1-13(2)15-8-6-7-9-16(15)20-17(21)10-14(3)19-11-18(4,22)12-23-5/h6-9,13-14,19,22H,10-12H2,1-5H3,(H,20,21). The lowest BCUT2D eigenvalue weighted by molar-refractivity contribution is -0.116. The van der Waals surface area contributed by atoms with Crippen molar-refractivity contribution in [3.63, 3.8) is 0 Å². The third-order valence-electron chi connectivity index (χ3n) is 3.64. The van der Waals surface area contributed by atoms with Crippen molar-refractivity contribution >= 4 is 23.4 Å². The molecule has 0 fully saturated rings. The lowest BCUT2D eigenvalue weighted by Crippen LogP contribution is -2.44. The van der Waals surface area contributed by atoms with Crippen LogP contribution in [0.4, 0.5) is 5.69 Å². The maximum atomic E-state index is 12.2. The number of hydrogen-bond donors (Lipinski definition) is 3. The van der Waals surface area contributed by atoms with Crippen LogP contribution >= 0.6 is 11.8 Å². The molecule has 5 heteroatoms. The van der Waals surface area contributed by atoms with Crippen LogP contribution in [-0.4, -0.2) is 41.2 Å². The molecule has 0 aliphatic rings. The Hall–Kier alpha value is -1.04. The summed E-state index contributed by atoms with van der Waals surface area (Å²) >= 11 is 1.61. The van der Waals surface area contributed by atoms with Gasteiger partial charge in [0.25, 0.3) is 0 Å². The summed E-state index contributed by atoms with van der Waals surface area (Å²) in [5.41, 5.74) is 1.27. The first-order valence-corrected chi connectivity index (χ1v) is 9.48. The normalized spacial score (nSPS) is 15.3. The number of thioether (sulfide) groups is 1. The second kappa shape index (κ2) is 9.30. The molecule has 23 heavy (non-hydrogen) atoms. The topological polar surface area (TPSA) is 61.4 Å². The monoisotopic (exact) mass is 338 g/mol. The minimum absolute atomic E-state index is 0.00884. The van der Waals surface area contributed by atoms with E-state index in [-0.39, 0.29) is 11.9 Å². The average Bonchev–Trinajstić information content (AvgIpc) is 2.45. The minimum atomic E-state index is -0.756. The predicted octanol–water partition coefficient (Wildman–Crippen LogP) is 3.23. The fraction of sp³-hybridized carbons (Fsp3) is 0.611. The summed E-state index contributed by atoms with van der Waals surface area (Å²) in [5.74, 6) is 1.02. The van der Waals surface area contributed by atoms with Gasteiger partial charge in [0.15, 0.2) is 0 Å². The number of nitrogens with one attached hydrogen (secondary N) is 2. The van der Waals surface area contributed by atoms with E-state index in [9.17, 15) is 9.90 Å². The first-order chi connectivity index (χ1) is 10.7. The summed E-state index contributed by atoms with van der Waals surface area (Å²) in [6.07, 6.45) is 2.35. The van der Waals surface area contributed by atoms with Crippen molar-refractivity contribution in [2.75, 3.05) is 23.9 Å². The maximum absolute atomic E-state index is 12.2. The van der Waals surface area contributed by atoms with E-state index in [1.165, 1.54) is 0 Å². The van der Waals surface area contributed by atoms with Gasteiger partial charge in [-0.2, -0.15) is 11.8 Å². The molecular formula is C18H30N2O2S. The van der Waals surface area contributed by atoms with Crippen molar-refractivity contribution in [3.8, 4) is 0 Å². The molecule has 0 heterocycles. The van der Waals surface area contributed by atoms with Gasteiger partial charge in [-0.3, -0.25) is 4.79 Å². The predicted molar refractivity (Wildman–Crippen MR) is 100 cm³/mol. The number of benzene rings is 1. The van der Waals surface area contributed by atoms with Crippen molar-refractivity contribution in [2.45, 2.75) is 51.7 Å². The number of carbonyl (C=O) groups is 1. The first kappa shape index (κ1) is 20.0. The molecule has 3 N–H and O–H groups in total. The Morgan fingerprint density at radius 2 is 1.96 bits per heavy atom. The molecule has 1 rings (SSSR count). The van der Waals surface area contributed by atoms with Crippen LogP contribution in [0.1, 0.15) is 45.6 Å². The Morgan fingerprint density at radius 1 is 1.30 bits per heavy atom. The van der Waals surface area contributed by atoms with Crippen molar-refractivity contribution in [2.24, 2.45) is 0 Å². The van der Waals surface area contributed by atoms with Gasteiger partial charge in [-0.05, 0) is 37.7 Å². The largest absolute Gasteiger partial charge is 0.388 e. The molecule has 0 bridgehead atoms. The zero-order valence-electron chi connectivity index (χ0n) is 14.8. The summed E-state index contributed by atoms with van der Waals surface area (Å²) < 4.78 is 0. The molecule has 0 aliphatic carbocycles. The summed E-state index contributed by atoms with van der Waals surface area (Å²) in [6.45, 7) is 8.47. The molecule has 0 spiro atoms. The highest BCUT2D eigenvalue weighted by Gasteiger charge is 2.21. The number of carbonyl (C=O) groups excluding carboxylic acids is 1. The quantitative estimate of drug-likeness (QED) is 0.647. The van der Waals surface area contributed by atoms with Gasteiger partial charge in [-0.1, -0.05) is 32.0 Å². The Balaban J connectivity index is 2.51. The van der Waals surface area contributed by atoms with Crippen LogP contribution in [0.5, 0.6) is 0 Å². The number of amides is 1. The second-order valence-corrected chi connectivity index (χ2v) is 7.57. The fourth-order valence-electron chi connectivity index (χ4n) is 2.42. The van der Waals surface area contributed by atoms with E-state index in [2.05, 4.69) is 24.5 Å².